The lowest BCUT2D eigenvalue weighted by atomic mass is 10.1. The Morgan fingerprint density at radius 3 is 2.86 bits per heavy atom. The topological polar surface area (TPSA) is 66.2 Å². The van der Waals surface area contributed by atoms with Gasteiger partial charge in [-0.1, -0.05) is 23.2 Å². The predicted molar refractivity (Wildman–Crippen MR) is 112 cm³/mol. The zero-order valence-corrected chi connectivity index (χ0v) is 17.8. The minimum absolute atomic E-state index is 0.114. The molecule has 1 aromatic carbocycles. The van der Waals surface area contributed by atoms with Crippen molar-refractivity contribution in [1.82, 2.24) is 14.5 Å². The first kappa shape index (κ1) is 20.1. The van der Waals surface area contributed by atoms with Gasteiger partial charge in [0.2, 0.25) is 11.7 Å². The normalized spacial score (nSPS) is 16.5. The number of Topliss-reactive ketones (excluding diaryl/α,β-unsaturated/α-hetero) is 1. The van der Waals surface area contributed by atoms with E-state index in [0.717, 1.165) is 37.4 Å². The average Bonchev–Trinajstić information content (AvgIpc) is 3.30. The summed E-state index contributed by atoms with van der Waals surface area (Å²) in [7, 11) is 0. The fourth-order valence-electron chi connectivity index (χ4n) is 3.75. The van der Waals surface area contributed by atoms with Gasteiger partial charge in [0, 0.05) is 35.1 Å². The van der Waals surface area contributed by atoms with Crippen LogP contribution in [0.3, 0.4) is 0 Å². The highest BCUT2D eigenvalue weighted by Crippen LogP contribution is 2.31. The van der Waals surface area contributed by atoms with Crippen LogP contribution in [0.4, 0.5) is 0 Å². The Labute approximate surface area is 178 Å². The van der Waals surface area contributed by atoms with Crippen molar-refractivity contribution in [2.45, 2.75) is 39.3 Å². The van der Waals surface area contributed by atoms with E-state index in [-0.39, 0.29) is 24.4 Å². The van der Waals surface area contributed by atoms with Crippen LogP contribution in [0.5, 0.6) is 5.88 Å². The van der Waals surface area contributed by atoms with Gasteiger partial charge < -0.3 is 14.0 Å². The summed E-state index contributed by atoms with van der Waals surface area (Å²) in [6.45, 7) is 5.39. The van der Waals surface area contributed by atoms with Crippen LogP contribution in [0.1, 0.15) is 34.6 Å². The first-order valence-electron chi connectivity index (χ1n) is 9.48. The number of ether oxygens (including phenoxy) is 2. The van der Waals surface area contributed by atoms with Crippen molar-refractivity contribution in [2.24, 2.45) is 0 Å². The third-order valence-electron chi connectivity index (χ3n) is 5.24. The maximum atomic E-state index is 12.8. The highest BCUT2D eigenvalue weighted by Gasteiger charge is 2.21. The molecule has 1 aliphatic heterocycles. The number of benzene rings is 1. The van der Waals surface area contributed by atoms with E-state index in [9.17, 15) is 4.79 Å². The molecule has 29 heavy (non-hydrogen) atoms. The Hall–Kier alpha value is -2.15. The van der Waals surface area contributed by atoms with Crippen molar-refractivity contribution < 1.29 is 14.3 Å². The van der Waals surface area contributed by atoms with Gasteiger partial charge in [-0.25, -0.2) is 9.97 Å². The number of nitrogens with zero attached hydrogens (tertiary/aromatic N) is 3. The average molecular weight is 434 g/mol. The van der Waals surface area contributed by atoms with Gasteiger partial charge in [-0.3, -0.25) is 4.79 Å². The fraction of sp³-hybridized carbons (Fsp3) is 0.381. The van der Waals surface area contributed by atoms with E-state index in [1.807, 2.05) is 19.9 Å². The lowest BCUT2D eigenvalue weighted by Gasteiger charge is -2.15. The molecule has 1 fully saturated rings. The largest absolute Gasteiger partial charge is 0.469 e. The van der Waals surface area contributed by atoms with E-state index in [1.165, 1.54) is 6.33 Å². The molecule has 3 aromatic rings. The molecule has 8 heteroatoms. The molecule has 4 rings (SSSR count). The maximum Gasteiger partial charge on any atom is 0.225 e. The van der Waals surface area contributed by atoms with Crippen LogP contribution in [0.25, 0.3) is 10.9 Å². The van der Waals surface area contributed by atoms with Crippen LogP contribution in [0.15, 0.2) is 24.5 Å². The number of aromatic nitrogens is 3. The Kier molecular flexibility index (Phi) is 5.76. The van der Waals surface area contributed by atoms with Crippen molar-refractivity contribution in [3.63, 3.8) is 0 Å². The van der Waals surface area contributed by atoms with Gasteiger partial charge in [-0.2, -0.15) is 0 Å². The third kappa shape index (κ3) is 4.10. The van der Waals surface area contributed by atoms with E-state index >= 15 is 0 Å². The Morgan fingerprint density at radius 1 is 1.28 bits per heavy atom. The number of rotatable bonds is 6. The van der Waals surface area contributed by atoms with E-state index in [1.54, 1.807) is 12.1 Å². The first-order valence-corrected chi connectivity index (χ1v) is 10.2. The quantitative estimate of drug-likeness (QED) is 0.522. The fourth-order valence-corrected chi connectivity index (χ4v) is 4.29. The highest BCUT2D eigenvalue weighted by molar-refractivity contribution is 6.38. The number of hydrogen-bond acceptors (Lipinski definition) is 5. The number of hydrogen-bond donors (Lipinski definition) is 0. The van der Waals surface area contributed by atoms with Crippen LogP contribution >= 0.6 is 23.2 Å². The molecular formula is C21H21Cl2N3O3. The number of halogens is 2. The van der Waals surface area contributed by atoms with Crippen LogP contribution in [0, 0.1) is 13.8 Å². The number of ketones is 1. The number of carbonyl (C=O) groups excluding carboxylic acids is 1. The van der Waals surface area contributed by atoms with Crippen molar-refractivity contribution in [3.8, 4) is 5.88 Å². The van der Waals surface area contributed by atoms with Gasteiger partial charge in [0.25, 0.3) is 0 Å². The van der Waals surface area contributed by atoms with Crippen molar-refractivity contribution in [3.05, 3.63) is 51.5 Å². The minimum atomic E-state index is -0.138. The SMILES string of the molecule is Cc1cc(C(=O)COc2ncnc3c(Cl)cc(Cl)cc23)c(C)n1CC1CCCO1. The van der Waals surface area contributed by atoms with Gasteiger partial charge in [0.1, 0.15) is 6.33 Å². The molecule has 6 nitrogen and oxygen atoms in total. The summed E-state index contributed by atoms with van der Waals surface area (Å²) in [6.07, 6.45) is 3.70. The van der Waals surface area contributed by atoms with Crippen molar-refractivity contribution in [1.29, 1.82) is 0 Å². The van der Waals surface area contributed by atoms with E-state index in [2.05, 4.69) is 14.5 Å². The molecule has 0 aliphatic carbocycles. The monoisotopic (exact) mass is 433 g/mol. The Balaban J connectivity index is 1.53. The molecule has 2 aromatic heterocycles. The van der Waals surface area contributed by atoms with E-state index < -0.39 is 0 Å². The number of carbonyl (C=O) groups is 1. The summed E-state index contributed by atoms with van der Waals surface area (Å²) in [5.74, 6) is 0.164. The van der Waals surface area contributed by atoms with Gasteiger partial charge in [-0.05, 0) is 44.9 Å². The first-order chi connectivity index (χ1) is 13.9. The molecule has 152 valence electrons. The van der Waals surface area contributed by atoms with Crippen molar-refractivity contribution >= 4 is 39.9 Å². The third-order valence-corrected chi connectivity index (χ3v) is 5.75. The second-order valence-corrected chi connectivity index (χ2v) is 8.05. The summed E-state index contributed by atoms with van der Waals surface area (Å²) in [6, 6.07) is 5.19. The number of fused-ring (bicyclic) bond motifs is 1. The molecule has 1 aliphatic rings. The molecule has 0 spiro atoms. The van der Waals surface area contributed by atoms with E-state index in [0.29, 0.717) is 26.5 Å². The zero-order chi connectivity index (χ0) is 20.5. The molecular weight excluding hydrogens is 413 g/mol. The molecule has 3 heterocycles. The van der Waals surface area contributed by atoms with E-state index in [4.69, 9.17) is 32.7 Å². The van der Waals surface area contributed by atoms with Gasteiger partial charge in [0.15, 0.2) is 6.61 Å². The molecule has 1 saturated heterocycles. The summed E-state index contributed by atoms with van der Waals surface area (Å²) >= 11 is 12.3. The standard InChI is InChI=1S/C21H21Cl2N3O3/c1-12-6-16(13(2)26(12)9-15-4-3-5-28-15)19(27)10-29-21-17-7-14(22)8-18(23)20(17)24-11-25-21/h6-8,11,15H,3-5,9-10H2,1-2H3. The number of aryl methyl sites for hydroxylation is 1. The molecule has 0 radical (unpaired) electrons. The summed E-state index contributed by atoms with van der Waals surface area (Å²) in [5, 5.41) is 1.43. The van der Waals surface area contributed by atoms with Gasteiger partial charge in [0.05, 0.1) is 22.0 Å². The van der Waals surface area contributed by atoms with Crippen LogP contribution < -0.4 is 4.74 Å². The molecule has 0 N–H and O–H groups in total. The molecule has 1 atom stereocenters. The summed E-state index contributed by atoms with van der Waals surface area (Å²) < 4.78 is 13.6. The lowest BCUT2D eigenvalue weighted by Crippen LogP contribution is -2.18. The minimum Gasteiger partial charge on any atom is -0.469 e. The van der Waals surface area contributed by atoms with Crippen LogP contribution in [-0.2, 0) is 11.3 Å². The van der Waals surface area contributed by atoms with Gasteiger partial charge >= 0.3 is 0 Å². The molecule has 0 bridgehead atoms. The summed E-state index contributed by atoms with van der Waals surface area (Å²) in [5.41, 5.74) is 3.14. The molecule has 0 amide bonds. The molecule has 1 unspecified atom stereocenters. The van der Waals surface area contributed by atoms with Crippen LogP contribution in [-0.4, -0.2) is 39.6 Å². The van der Waals surface area contributed by atoms with Crippen molar-refractivity contribution in [2.75, 3.05) is 13.2 Å². The molecule has 0 saturated carbocycles. The maximum absolute atomic E-state index is 12.8. The lowest BCUT2D eigenvalue weighted by molar-refractivity contribution is 0.0912. The Morgan fingerprint density at radius 2 is 2.10 bits per heavy atom. The summed E-state index contributed by atoms with van der Waals surface area (Å²) in [4.78, 5) is 21.2. The van der Waals surface area contributed by atoms with Crippen LogP contribution in [0.2, 0.25) is 10.0 Å². The highest BCUT2D eigenvalue weighted by atomic mass is 35.5. The predicted octanol–water partition coefficient (Wildman–Crippen LogP) is 4.80. The zero-order valence-electron chi connectivity index (χ0n) is 16.2. The second kappa shape index (κ2) is 8.30. The second-order valence-electron chi connectivity index (χ2n) is 7.20. The smallest absolute Gasteiger partial charge is 0.225 e. The van der Waals surface area contributed by atoms with Gasteiger partial charge in [-0.15, -0.1) is 0 Å². The Bertz CT molecular complexity index is 1070.